The number of nitrogens with two attached hydrogens (primary N) is 1. The Morgan fingerprint density at radius 2 is 1.94 bits per heavy atom. The highest BCUT2D eigenvalue weighted by molar-refractivity contribution is 5.95. The van der Waals surface area contributed by atoms with E-state index >= 15 is 0 Å². The van der Waals surface area contributed by atoms with Crippen LogP contribution in [0.1, 0.15) is 27.4 Å². The average molecular weight is 431 g/mol. The topological polar surface area (TPSA) is 128 Å². The molecule has 1 heterocycles. The minimum Gasteiger partial charge on any atom is -0.440 e. The number of nitrogens with zero attached hydrogens (tertiary/aromatic N) is 2. The van der Waals surface area contributed by atoms with Gasteiger partial charge in [-0.05, 0) is 29.8 Å². The monoisotopic (exact) mass is 431 g/mol. The normalized spacial score (nSPS) is 14.7. The van der Waals surface area contributed by atoms with Crippen LogP contribution in [0.3, 0.4) is 0 Å². The number of nitro groups is 1. The minimum atomic E-state index is -0.920. The van der Waals surface area contributed by atoms with E-state index in [2.05, 4.69) is 0 Å². The molecule has 0 aromatic heterocycles. The summed E-state index contributed by atoms with van der Waals surface area (Å²) in [7, 11) is 0. The number of carbonyl (C=O) groups excluding carboxylic acids is 1. The SMILES string of the molecule is N#CC1=C(N)Oc2cc(OC(=O)c3ccccc3[N+](=O)[O-])ccc2C1c1cccc(F)c1. The van der Waals surface area contributed by atoms with E-state index in [1.54, 1.807) is 12.1 Å². The van der Waals surface area contributed by atoms with Gasteiger partial charge in [-0.15, -0.1) is 0 Å². The van der Waals surface area contributed by atoms with E-state index in [1.807, 2.05) is 6.07 Å². The van der Waals surface area contributed by atoms with Gasteiger partial charge in [0.05, 0.1) is 10.8 Å². The van der Waals surface area contributed by atoms with Gasteiger partial charge in [0.1, 0.15) is 34.5 Å². The van der Waals surface area contributed by atoms with Gasteiger partial charge >= 0.3 is 5.97 Å². The quantitative estimate of drug-likeness (QED) is 0.284. The molecule has 158 valence electrons. The second kappa shape index (κ2) is 8.20. The molecule has 8 nitrogen and oxygen atoms in total. The van der Waals surface area contributed by atoms with Crippen molar-refractivity contribution in [1.82, 2.24) is 0 Å². The molecule has 1 atom stereocenters. The Labute approximate surface area is 181 Å². The Morgan fingerprint density at radius 1 is 1.16 bits per heavy atom. The van der Waals surface area contributed by atoms with Gasteiger partial charge in [0, 0.05) is 17.7 Å². The number of hydrogen-bond acceptors (Lipinski definition) is 7. The molecule has 1 aliphatic heterocycles. The number of rotatable bonds is 4. The van der Waals surface area contributed by atoms with Gasteiger partial charge in [0.2, 0.25) is 5.88 Å². The van der Waals surface area contributed by atoms with Crippen molar-refractivity contribution in [2.45, 2.75) is 5.92 Å². The van der Waals surface area contributed by atoms with E-state index in [0.717, 1.165) is 0 Å². The van der Waals surface area contributed by atoms with Gasteiger partial charge in [-0.3, -0.25) is 10.1 Å². The summed E-state index contributed by atoms with van der Waals surface area (Å²) in [5.41, 5.74) is 6.47. The molecule has 32 heavy (non-hydrogen) atoms. The van der Waals surface area contributed by atoms with Crippen molar-refractivity contribution in [3.63, 3.8) is 0 Å². The highest BCUT2D eigenvalue weighted by Crippen LogP contribution is 2.43. The molecule has 0 bridgehead atoms. The van der Waals surface area contributed by atoms with Crippen LogP contribution in [0.15, 0.2) is 78.2 Å². The van der Waals surface area contributed by atoms with Crippen LogP contribution in [-0.4, -0.2) is 10.9 Å². The zero-order valence-electron chi connectivity index (χ0n) is 16.3. The number of nitriles is 1. The van der Waals surface area contributed by atoms with Crippen molar-refractivity contribution in [1.29, 1.82) is 5.26 Å². The number of carbonyl (C=O) groups is 1. The molecule has 4 rings (SSSR count). The number of para-hydroxylation sites is 1. The molecule has 0 amide bonds. The molecule has 9 heteroatoms. The molecule has 0 radical (unpaired) electrons. The minimum absolute atomic E-state index is 0.0538. The maximum atomic E-state index is 13.8. The second-order valence-electron chi connectivity index (χ2n) is 6.84. The lowest BCUT2D eigenvalue weighted by Crippen LogP contribution is -2.21. The van der Waals surface area contributed by atoms with Crippen molar-refractivity contribution in [2.75, 3.05) is 0 Å². The number of nitro benzene ring substituents is 1. The van der Waals surface area contributed by atoms with Gasteiger partial charge in [0.15, 0.2) is 0 Å². The zero-order valence-corrected chi connectivity index (χ0v) is 16.3. The van der Waals surface area contributed by atoms with Crippen LogP contribution in [0.25, 0.3) is 0 Å². The van der Waals surface area contributed by atoms with Crippen LogP contribution in [0.5, 0.6) is 11.5 Å². The smallest absolute Gasteiger partial charge is 0.350 e. The molecule has 3 aromatic carbocycles. The van der Waals surface area contributed by atoms with E-state index in [4.69, 9.17) is 15.2 Å². The number of allylic oxidation sites excluding steroid dienone is 1. The largest absolute Gasteiger partial charge is 0.440 e. The maximum absolute atomic E-state index is 13.8. The van der Waals surface area contributed by atoms with Crippen molar-refractivity contribution in [3.05, 3.63) is 111 Å². The van der Waals surface area contributed by atoms with Crippen LogP contribution >= 0.6 is 0 Å². The highest BCUT2D eigenvalue weighted by Gasteiger charge is 2.31. The lowest BCUT2D eigenvalue weighted by molar-refractivity contribution is -0.385. The van der Waals surface area contributed by atoms with Gasteiger partial charge in [-0.25, -0.2) is 9.18 Å². The fourth-order valence-corrected chi connectivity index (χ4v) is 3.50. The molecule has 0 fully saturated rings. The first kappa shape index (κ1) is 20.6. The average Bonchev–Trinajstić information content (AvgIpc) is 2.78. The van der Waals surface area contributed by atoms with E-state index in [-0.39, 0.29) is 34.2 Å². The molecule has 0 saturated carbocycles. The summed E-state index contributed by atoms with van der Waals surface area (Å²) >= 11 is 0. The Balaban J connectivity index is 1.71. The lowest BCUT2D eigenvalue weighted by atomic mass is 9.83. The Morgan fingerprint density at radius 3 is 2.66 bits per heavy atom. The summed E-state index contributed by atoms with van der Waals surface area (Å²) in [6.07, 6.45) is 0. The summed E-state index contributed by atoms with van der Waals surface area (Å²) in [5, 5.41) is 20.7. The molecule has 1 unspecified atom stereocenters. The van der Waals surface area contributed by atoms with Gasteiger partial charge in [-0.2, -0.15) is 5.26 Å². The molecular formula is C23H14FN3O5. The summed E-state index contributed by atoms with van der Waals surface area (Å²) < 4.78 is 24.7. The molecule has 0 spiro atoms. The number of benzene rings is 3. The van der Waals surface area contributed by atoms with Crippen molar-refractivity contribution in [3.8, 4) is 17.6 Å². The standard InChI is InChI=1S/C23H14FN3O5/c24-14-5-3-4-13(10-14)21-17-9-8-15(11-20(17)32-22(26)18(21)12-25)31-23(28)16-6-1-2-7-19(16)27(29)30/h1-11,21H,26H2. The molecule has 3 aromatic rings. The molecule has 0 aliphatic carbocycles. The Kier molecular flexibility index (Phi) is 5.27. The number of fused-ring (bicyclic) bond motifs is 1. The third-order valence-electron chi connectivity index (χ3n) is 4.90. The predicted molar refractivity (Wildman–Crippen MR) is 110 cm³/mol. The third-order valence-corrected chi connectivity index (χ3v) is 4.90. The first-order chi connectivity index (χ1) is 15.4. The van der Waals surface area contributed by atoms with E-state index in [1.165, 1.54) is 54.6 Å². The van der Waals surface area contributed by atoms with Crippen LogP contribution < -0.4 is 15.2 Å². The summed E-state index contributed by atoms with van der Waals surface area (Å²) in [6, 6.07) is 17.6. The molecule has 0 saturated heterocycles. The Hall–Kier alpha value is -4.71. The Bertz CT molecular complexity index is 1330. The van der Waals surface area contributed by atoms with Crippen LogP contribution in [0.2, 0.25) is 0 Å². The van der Waals surface area contributed by atoms with Crippen LogP contribution in [0, 0.1) is 27.3 Å². The van der Waals surface area contributed by atoms with Crippen LogP contribution in [0.4, 0.5) is 10.1 Å². The molecule has 1 aliphatic rings. The first-order valence-corrected chi connectivity index (χ1v) is 9.31. The summed E-state index contributed by atoms with van der Waals surface area (Å²) in [5.74, 6) is -1.96. The summed E-state index contributed by atoms with van der Waals surface area (Å²) in [6.45, 7) is 0. The van der Waals surface area contributed by atoms with E-state index in [0.29, 0.717) is 11.1 Å². The van der Waals surface area contributed by atoms with Gasteiger partial charge in [-0.1, -0.05) is 30.3 Å². The van der Waals surface area contributed by atoms with Crippen molar-refractivity contribution >= 4 is 11.7 Å². The van der Waals surface area contributed by atoms with E-state index in [9.17, 15) is 24.6 Å². The lowest BCUT2D eigenvalue weighted by Gasteiger charge is -2.26. The van der Waals surface area contributed by atoms with Gasteiger partial charge in [0.25, 0.3) is 5.69 Å². The van der Waals surface area contributed by atoms with Crippen molar-refractivity contribution < 1.29 is 23.6 Å². The number of esters is 1. The fourth-order valence-electron chi connectivity index (χ4n) is 3.50. The van der Waals surface area contributed by atoms with Crippen molar-refractivity contribution in [2.24, 2.45) is 5.73 Å². The first-order valence-electron chi connectivity index (χ1n) is 9.31. The van der Waals surface area contributed by atoms with E-state index < -0.39 is 22.6 Å². The highest BCUT2D eigenvalue weighted by atomic mass is 19.1. The molecular weight excluding hydrogens is 417 g/mol. The maximum Gasteiger partial charge on any atom is 0.350 e. The summed E-state index contributed by atoms with van der Waals surface area (Å²) in [4.78, 5) is 23.0. The van der Waals surface area contributed by atoms with Gasteiger partial charge < -0.3 is 15.2 Å². The number of hydrogen-bond donors (Lipinski definition) is 1. The zero-order chi connectivity index (χ0) is 22.8. The molecule has 2 N–H and O–H groups in total. The number of ether oxygens (including phenoxy) is 2. The number of halogens is 1. The van der Waals surface area contributed by atoms with Crippen LogP contribution in [-0.2, 0) is 0 Å². The second-order valence-corrected chi connectivity index (χ2v) is 6.84. The fraction of sp³-hybridized carbons (Fsp3) is 0.0435. The third kappa shape index (κ3) is 3.73. The predicted octanol–water partition coefficient (Wildman–Crippen LogP) is 4.17.